The quantitative estimate of drug-likeness (QED) is 0.899. The molecule has 0 bridgehead atoms. The Kier molecular flexibility index (Phi) is 2.67. The van der Waals surface area contributed by atoms with E-state index < -0.39 is 0 Å². The number of hydrogen-bond donors (Lipinski definition) is 1. The molecule has 4 nitrogen and oxygen atoms in total. The Labute approximate surface area is 106 Å². The van der Waals surface area contributed by atoms with Crippen molar-refractivity contribution in [2.75, 3.05) is 0 Å². The molecule has 0 fully saturated rings. The Morgan fingerprint density at radius 1 is 1.33 bits per heavy atom. The number of nitrogens with two attached hydrogens (primary N) is 1. The van der Waals surface area contributed by atoms with Crippen molar-refractivity contribution in [3.63, 3.8) is 0 Å². The van der Waals surface area contributed by atoms with E-state index in [1.807, 2.05) is 19.9 Å². The smallest absolute Gasteiger partial charge is 0.243 e. The maximum atomic E-state index is 6.01. The van der Waals surface area contributed by atoms with E-state index in [0.29, 0.717) is 11.8 Å². The lowest BCUT2D eigenvalue weighted by atomic mass is 9.77. The molecule has 1 unspecified atom stereocenters. The number of rotatable bonds is 3. The predicted molar refractivity (Wildman–Crippen MR) is 68.1 cm³/mol. The zero-order valence-electron chi connectivity index (χ0n) is 10.6. The largest absolute Gasteiger partial charge is 0.338 e. The summed E-state index contributed by atoms with van der Waals surface area (Å²) in [6.07, 6.45) is 0.992. The molecular formula is C14H17N3O. The maximum Gasteiger partial charge on any atom is 0.243 e. The molecule has 1 heterocycles. The number of aromatic nitrogens is 2. The SMILES string of the molecule is CC(C)[C@@H](N)c1nc(C2Cc3ccccc32)no1. The van der Waals surface area contributed by atoms with Crippen LogP contribution in [0, 0.1) is 5.92 Å². The Morgan fingerprint density at radius 3 is 2.83 bits per heavy atom. The minimum atomic E-state index is -0.179. The van der Waals surface area contributed by atoms with Crippen LogP contribution in [-0.4, -0.2) is 10.1 Å². The van der Waals surface area contributed by atoms with Crippen LogP contribution in [0.1, 0.15) is 48.6 Å². The minimum absolute atomic E-state index is 0.179. The monoisotopic (exact) mass is 243 g/mol. The Hall–Kier alpha value is -1.68. The molecule has 3 rings (SSSR count). The highest BCUT2D eigenvalue weighted by molar-refractivity contribution is 5.43. The van der Waals surface area contributed by atoms with Crippen LogP contribution < -0.4 is 5.73 Å². The highest BCUT2D eigenvalue weighted by Crippen LogP contribution is 2.38. The summed E-state index contributed by atoms with van der Waals surface area (Å²) in [6, 6.07) is 8.20. The van der Waals surface area contributed by atoms with Gasteiger partial charge in [0.05, 0.1) is 12.0 Å². The van der Waals surface area contributed by atoms with Crippen LogP contribution in [0.25, 0.3) is 0 Å². The van der Waals surface area contributed by atoms with E-state index in [9.17, 15) is 0 Å². The Balaban J connectivity index is 1.84. The van der Waals surface area contributed by atoms with Gasteiger partial charge in [-0.2, -0.15) is 4.98 Å². The number of hydrogen-bond acceptors (Lipinski definition) is 4. The summed E-state index contributed by atoms with van der Waals surface area (Å²) in [7, 11) is 0. The highest BCUT2D eigenvalue weighted by atomic mass is 16.5. The molecule has 1 aliphatic carbocycles. The van der Waals surface area contributed by atoms with Crippen molar-refractivity contribution in [3.8, 4) is 0 Å². The van der Waals surface area contributed by atoms with Crippen molar-refractivity contribution >= 4 is 0 Å². The van der Waals surface area contributed by atoms with Crippen molar-refractivity contribution in [1.82, 2.24) is 10.1 Å². The van der Waals surface area contributed by atoms with Crippen LogP contribution >= 0.6 is 0 Å². The summed E-state index contributed by atoms with van der Waals surface area (Å²) in [6.45, 7) is 4.10. The first kappa shape index (κ1) is 11.4. The van der Waals surface area contributed by atoms with Crippen LogP contribution in [0.3, 0.4) is 0 Å². The molecule has 1 aromatic carbocycles. The van der Waals surface area contributed by atoms with E-state index in [-0.39, 0.29) is 12.0 Å². The van der Waals surface area contributed by atoms with Crippen molar-refractivity contribution in [2.24, 2.45) is 11.7 Å². The standard InChI is InChI=1S/C14H17N3O/c1-8(2)12(15)14-16-13(17-18-14)11-7-9-5-3-4-6-10(9)11/h3-6,8,11-12H,7,15H2,1-2H3/t11?,12-/m1/s1. The van der Waals surface area contributed by atoms with Crippen LogP contribution in [0.15, 0.2) is 28.8 Å². The second-order valence-corrected chi connectivity index (χ2v) is 5.22. The fraction of sp³-hybridized carbons (Fsp3) is 0.429. The van der Waals surface area contributed by atoms with Gasteiger partial charge in [-0.3, -0.25) is 0 Å². The lowest BCUT2D eigenvalue weighted by Crippen LogP contribution is -2.20. The lowest BCUT2D eigenvalue weighted by molar-refractivity contribution is 0.321. The molecule has 0 saturated heterocycles. The zero-order valence-corrected chi connectivity index (χ0v) is 10.6. The van der Waals surface area contributed by atoms with E-state index in [2.05, 4.69) is 28.3 Å². The molecule has 94 valence electrons. The first-order valence-electron chi connectivity index (χ1n) is 6.33. The molecule has 18 heavy (non-hydrogen) atoms. The van der Waals surface area contributed by atoms with Gasteiger partial charge in [0.2, 0.25) is 5.89 Å². The van der Waals surface area contributed by atoms with Gasteiger partial charge in [-0.25, -0.2) is 0 Å². The second-order valence-electron chi connectivity index (χ2n) is 5.22. The Morgan fingerprint density at radius 2 is 2.11 bits per heavy atom. The number of fused-ring (bicyclic) bond motifs is 1. The zero-order chi connectivity index (χ0) is 12.7. The minimum Gasteiger partial charge on any atom is -0.338 e. The van der Waals surface area contributed by atoms with Gasteiger partial charge in [0, 0.05) is 0 Å². The van der Waals surface area contributed by atoms with E-state index in [1.165, 1.54) is 11.1 Å². The maximum absolute atomic E-state index is 6.01. The third-order valence-corrected chi connectivity index (χ3v) is 3.63. The molecule has 1 aliphatic rings. The Bertz CT molecular complexity index is 562. The van der Waals surface area contributed by atoms with Crippen molar-refractivity contribution in [2.45, 2.75) is 32.2 Å². The van der Waals surface area contributed by atoms with Gasteiger partial charge < -0.3 is 10.3 Å². The van der Waals surface area contributed by atoms with Crippen molar-refractivity contribution in [1.29, 1.82) is 0 Å². The first-order chi connectivity index (χ1) is 8.66. The van der Waals surface area contributed by atoms with Gasteiger partial charge in [0.25, 0.3) is 0 Å². The topological polar surface area (TPSA) is 64.9 Å². The molecule has 0 aliphatic heterocycles. The van der Waals surface area contributed by atoms with E-state index in [4.69, 9.17) is 10.3 Å². The average Bonchev–Trinajstić information content (AvgIpc) is 2.79. The molecule has 0 saturated carbocycles. The first-order valence-corrected chi connectivity index (χ1v) is 6.33. The van der Waals surface area contributed by atoms with Crippen molar-refractivity contribution < 1.29 is 4.52 Å². The summed E-state index contributed by atoms with van der Waals surface area (Å²) in [5.41, 5.74) is 8.69. The molecule has 0 spiro atoms. The number of benzene rings is 1. The van der Waals surface area contributed by atoms with Gasteiger partial charge in [-0.1, -0.05) is 43.3 Å². The third-order valence-electron chi connectivity index (χ3n) is 3.63. The second kappa shape index (κ2) is 4.21. The van der Waals surface area contributed by atoms with E-state index in [1.54, 1.807) is 0 Å². The van der Waals surface area contributed by atoms with Crippen LogP contribution in [0.4, 0.5) is 0 Å². The predicted octanol–water partition coefficient (Wildman–Crippen LogP) is 2.41. The van der Waals surface area contributed by atoms with E-state index >= 15 is 0 Å². The average molecular weight is 243 g/mol. The molecule has 0 radical (unpaired) electrons. The fourth-order valence-electron chi connectivity index (χ4n) is 2.30. The molecular weight excluding hydrogens is 226 g/mol. The highest BCUT2D eigenvalue weighted by Gasteiger charge is 2.31. The van der Waals surface area contributed by atoms with Gasteiger partial charge in [0.15, 0.2) is 5.82 Å². The molecule has 1 aromatic heterocycles. The van der Waals surface area contributed by atoms with Crippen LogP contribution in [0.5, 0.6) is 0 Å². The van der Waals surface area contributed by atoms with E-state index in [0.717, 1.165) is 12.2 Å². The summed E-state index contributed by atoms with van der Waals surface area (Å²) in [5.74, 6) is 1.88. The van der Waals surface area contributed by atoms with Gasteiger partial charge >= 0.3 is 0 Å². The molecule has 2 aromatic rings. The summed E-state index contributed by atoms with van der Waals surface area (Å²) >= 11 is 0. The van der Waals surface area contributed by atoms with Crippen molar-refractivity contribution in [3.05, 3.63) is 47.1 Å². The molecule has 2 atom stereocenters. The van der Waals surface area contributed by atoms with Gasteiger partial charge in [-0.05, 0) is 23.5 Å². The molecule has 0 amide bonds. The summed E-state index contributed by atoms with van der Waals surface area (Å²) in [4.78, 5) is 4.45. The number of nitrogens with zero attached hydrogens (tertiary/aromatic N) is 2. The molecule has 2 N–H and O–H groups in total. The fourth-order valence-corrected chi connectivity index (χ4v) is 2.30. The lowest BCUT2D eigenvalue weighted by Gasteiger charge is -2.27. The summed E-state index contributed by atoms with van der Waals surface area (Å²) in [5, 5.41) is 4.07. The van der Waals surface area contributed by atoms with Crippen LogP contribution in [-0.2, 0) is 6.42 Å². The molecule has 4 heteroatoms. The van der Waals surface area contributed by atoms with Gasteiger partial charge in [-0.15, -0.1) is 0 Å². The van der Waals surface area contributed by atoms with Crippen LogP contribution in [0.2, 0.25) is 0 Å². The third kappa shape index (κ3) is 1.73. The normalized spacial score (nSPS) is 19.4. The van der Waals surface area contributed by atoms with Gasteiger partial charge in [0.1, 0.15) is 0 Å². The summed E-state index contributed by atoms with van der Waals surface area (Å²) < 4.78 is 5.27.